The number of benzene rings is 4. The second-order valence-electron chi connectivity index (χ2n) is 7.65. The zero-order valence-corrected chi connectivity index (χ0v) is 25.4. The summed E-state index contributed by atoms with van der Waals surface area (Å²) in [5, 5.41) is 23.0. The van der Waals surface area contributed by atoms with Gasteiger partial charge in [-0.25, -0.2) is 0 Å². The van der Waals surface area contributed by atoms with Gasteiger partial charge in [0.25, 0.3) is 11.4 Å². The molecule has 4 aromatic rings. The van der Waals surface area contributed by atoms with Crippen molar-refractivity contribution in [3.8, 4) is 22.3 Å². The summed E-state index contributed by atoms with van der Waals surface area (Å²) < 4.78 is 0. The second-order valence-corrected chi connectivity index (χ2v) is 11.9. The molecule has 4 aromatic carbocycles. The van der Waals surface area contributed by atoms with Gasteiger partial charge in [-0.2, -0.15) is 0 Å². The molecular weight excluding hydrogens is 696 g/mol. The molecule has 0 fully saturated rings. The van der Waals surface area contributed by atoms with Crippen molar-refractivity contribution in [2.24, 2.45) is 0 Å². The third-order valence-corrected chi connectivity index (χ3v) is 9.33. The standard InChI is InChI=1S/C24H8Cl8N2O4S/c25-11-1-3-19(23(31)21(11)9-5-15(29)17(33(35)36)7-13(9)27)39-20-4-2-12(26)22(24(20)32)10-6-16(30)18(34(37)38)8-14(10)28/h1-8H. The Labute approximate surface area is 264 Å². The lowest BCUT2D eigenvalue weighted by atomic mass is 10.0. The van der Waals surface area contributed by atoms with Crippen LogP contribution in [0, 0.1) is 20.2 Å². The van der Waals surface area contributed by atoms with Gasteiger partial charge in [0.1, 0.15) is 10.0 Å². The van der Waals surface area contributed by atoms with Crippen LogP contribution in [0.2, 0.25) is 40.2 Å². The van der Waals surface area contributed by atoms with Crippen LogP contribution in [0.3, 0.4) is 0 Å². The molecular formula is C24H8Cl8N2O4S. The van der Waals surface area contributed by atoms with Gasteiger partial charge in [0.2, 0.25) is 0 Å². The SMILES string of the molecule is O=[N+]([O-])c1cc(Cl)c(-c2c(Cl)ccc(Sc3ccc(Cl)c(-c4cc(Cl)c([N+](=O)[O-])cc4Cl)c3Cl)c2Cl)cc1Cl. The van der Waals surface area contributed by atoms with Gasteiger partial charge in [0, 0.05) is 44.2 Å². The third-order valence-electron chi connectivity index (χ3n) is 5.34. The lowest BCUT2D eigenvalue weighted by molar-refractivity contribution is -0.384. The molecule has 0 aromatic heterocycles. The quantitative estimate of drug-likeness (QED) is 0.147. The van der Waals surface area contributed by atoms with Crippen LogP contribution in [0.5, 0.6) is 0 Å². The molecule has 0 radical (unpaired) electrons. The van der Waals surface area contributed by atoms with Crippen molar-refractivity contribution in [1.29, 1.82) is 0 Å². The van der Waals surface area contributed by atoms with Crippen molar-refractivity contribution in [2.75, 3.05) is 0 Å². The van der Waals surface area contributed by atoms with Crippen LogP contribution < -0.4 is 0 Å². The molecule has 0 amide bonds. The zero-order chi connectivity index (χ0) is 28.8. The molecule has 0 aliphatic heterocycles. The van der Waals surface area contributed by atoms with Gasteiger partial charge < -0.3 is 0 Å². The molecule has 200 valence electrons. The lowest BCUT2D eigenvalue weighted by Gasteiger charge is -2.16. The van der Waals surface area contributed by atoms with Crippen molar-refractivity contribution in [1.82, 2.24) is 0 Å². The highest BCUT2D eigenvalue weighted by molar-refractivity contribution is 7.99. The fraction of sp³-hybridized carbons (Fsp3) is 0. The first kappa shape index (κ1) is 30.3. The van der Waals surface area contributed by atoms with Gasteiger partial charge in [-0.05, 0) is 36.4 Å². The Morgan fingerprint density at radius 2 is 0.872 bits per heavy atom. The molecule has 0 aliphatic rings. The molecule has 6 nitrogen and oxygen atoms in total. The van der Waals surface area contributed by atoms with Crippen molar-refractivity contribution in [2.45, 2.75) is 9.79 Å². The van der Waals surface area contributed by atoms with E-state index in [1.54, 1.807) is 24.3 Å². The molecule has 0 unspecified atom stereocenters. The molecule has 39 heavy (non-hydrogen) atoms. The van der Waals surface area contributed by atoms with E-state index in [1.807, 2.05) is 0 Å². The van der Waals surface area contributed by atoms with Gasteiger partial charge in [-0.1, -0.05) is 105 Å². The molecule has 0 heterocycles. The average Bonchev–Trinajstić information content (AvgIpc) is 2.85. The van der Waals surface area contributed by atoms with Crippen molar-refractivity contribution < 1.29 is 9.85 Å². The summed E-state index contributed by atoms with van der Waals surface area (Å²) >= 11 is 52.4. The van der Waals surface area contributed by atoms with Gasteiger partial charge in [-0.15, -0.1) is 0 Å². The van der Waals surface area contributed by atoms with Crippen molar-refractivity contribution in [3.05, 3.63) is 109 Å². The van der Waals surface area contributed by atoms with Gasteiger partial charge in [0.05, 0.1) is 40.0 Å². The Morgan fingerprint density at radius 1 is 0.513 bits per heavy atom. The Bertz CT molecular complexity index is 1580. The normalized spacial score (nSPS) is 11.1. The van der Waals surface area contributed by atoms with Crippen LogP contribution in [0.25, 0.3) is 22.3 Å². The molecule has 0 atom stereocenters. The topological polar surface area (TPSA) is 86.3 Å². The van der Waals surface area contributed by atoms with Crippen LogP contribution >= 0.6 is 105 Å². The Balaban J connectivity index is 1.82. The zero-order valence-electron chi connectivity index (χ0n) is 18.6. The van der Waals surface area contributed by atoms with E-state index in [0.717, 1.165) is 23.9 Å². The summed E-state index contributed by atoms with van der Waals surface area (Å²) in [6.45, 7) is 0. The highest BCUT2D eigenvalue weighted by Gasteiger charge is 2.24. The minimum Gasteiger partial charge on any atom is -0.258 e. The molecule has 0 spiro atoms. The summed E-state index contributed by atoms with van der Waals surface area (Å²) in [5.74, 6) is 0. The number of nitro groups is 2. The van der Waals surface area contributed by atoms with Crippen LogP contribution in [-0.4, -0.2) is 9.85 Å². The van der Waals surface area contributed by atoms with Crippen molar-refractivity contribution >= 4 is 116 Å². The first-order chi connectivity index (χ1) is 18.3. The Hall–Kier alpha value is -1.65. The number of hydrogen-bond acceptors (Lipinski definition) is 5. The van der Waals surface area contributed by atoms with Crippen LogP contribution in [0.15, 0.2) is 58.3 Å². The second kappa shape index (κ2) is 12.1. The van der Waals surface area contributed by atoms with E-state index in [9.17, 15) is 20.2 Å². The van der Waals surface area contributed by atoms with Crippen LogP contribution in [-0.2, 0) is 0 Å². The summed E-state index contributed by atoms with van der Waals surface area (Å²) in [7, 11) is 0. The largest absolute Gasteiger partial charge is 0.289 e. The van der Waals surface area contributed by atoms with Gasteiger partial charge in [0.15, 0.2) is 0 Å². The maximum atomic E-state index is 11.2. The predicted octanol–water partition coefficient (Wildman–Crippen LogP) is 12.2. The highest BCUT2D eigenvalue weighted by atomic mass is 35.5. The molecule has 0 saturated carbocycles. The molecule has 0 saturated heterocycles. The number of halogens is 8. The number of nitrogens with zero attached hydrogens (tertiary/aromatic N) is 2. The Kier molecular flexibility index (Phi) is 9.38. The minimum atomic E-state index is -0.655. The molecule has 0 aliphatic carbocycles. The third kappa shape index (κ3) is 6.03. The first-order valence-corrected chi connectivity index (χ1v) is 14.1. The average molecular weight is 704 g/mol. The highest BCUT2D eigenvalue weighted by Crippen LogP contribution is 2.50. The maximum absolute atomic E-state index is 11.2. The van der Waals surface area contributed by atoms with E-state index in [4.69, 9.17) is 92.8 Å². The smallest absolute Gasteiger partial charge is 0.258 e. The predicted molar refractivity (Wildman–Crippen MR) is 161 cm³/mol. The van der Waals surface area contributed by atoms with Gasteiger partial charge in [-0.3, -0.25) is 20.2 Å². The summed E-state index contributed by atoms with van der Waals surface area (Å²) in [5.41, 5.74) is 0.462. The van der Waals surface area contributed by atoms with Gasteiger partial charge >= 0.3 is 0 Å². The molecule has 0 bridgehead atoms. The van der Waals surface area contributed by atoms with Crippen molar-refractivity contribution in [3.63, 3.8) is 0 Å². The summed E-state index contributed by atoms with van der Waals surface area (Å²) in [4.78, 5) is 22.1. The van der Waals surface area contributed by atoms with E-state index < -0.39 is 9.85 Å². The fourth-order valence-electron chi connectivity index (χ4n) is 3.57. The summed E-state index contributed by atoms with van der Waals surface area (Å²) in [6.07, 6.45) is 0. The van der Waals surface area contributed by atoms with Crippen LogP contribution in [0.1, 0.15) is 0 Å². The van der Waals surface area contributed by atoms with E-state index in [2.05, 4.69) is 0 Å². The van der Waals surface area contributed by atoms with E-state index >= 15 is 0 Å². The number of rotatable bonds is 6. The van der Waals surface area contributed by atoms with E-state index in [0.29, 0.717) is 32.0 Å². The monoisotopic (exact) mass is 700 g/mol. The lowest BCUT2D eigenvalue weighted by Crippen LogP contribution is -1.93. The van der Waals surface area contributed by atoms with E-state index in [1.165, 1.54) is 12.1 Å². The molecule has 4 rings (SSSR count). The van der Waals surface area contributed by atoms with Crippen LogP contribution in [0.4, 0.5) is 11.4 Å². The van der Waals surface area contributed by atoms with E-state index in [-0.39, 0.29) is 51.6 Å². The summed E-state index contributed by atoms with van der Waals surface area (Å²) in [6, 6.07) is 11.3. The first-order valence-electron chi connectivity index (χ1n) is 10.2. The Morgan fingerprint density at radius 3 is 1.21 bits per heavy atom. The maximum Gasteiger partial charge on any atom is 0.289 e. The molecule has 15 heteroatoms. The minimum absolute atomic E-state index is 0.0218. The molecule has 0 N–H and O–H groups in total. The fourth-order valence-corrected chi connectivity index (χ4v) is 6.81. The number of hydrogen-bond donors (Lipinski definition) is 0. The number of nitro benzene ring substituents is 2.